The van der Waals surface area contributed by atoms with Crippen LogP contribution in [0.3, 0.4) is 0 Å². The van der Waals surface area contributed by atoms with Crippen molar-refractivity contribution in [3.05, 3.63) is 29.8 Å². The Hall–Kier alpha value is -1.10. The summed E-state index contributed by atoms with van der Waals surface area (Å²) in [6.45, 7) is 10.4. The molecule has 0 saturated carbocycles. The third kappa shape index (κ3) is 6.13. The average Bonchev–Trinajstić information content (AvgIpc) is 2.53. The van der Waals surface area contributed by atoms with Crippen LogP contribution < -0.4 is 10.6 Å². The second-order valence-corrected chi connectivity index (χ2v) is 6.23. The van der Waals surface area contributed by atoms with Crippen LogP contribution in [0.25, 0.3) is 0 Å². The van der Waals surface area contributed by atoms with E-state index in [4.69, 9.17) is 0 Å². The lowest BCUT2D eigenvalue weighted by Crippen LogP contribution is -2.40. The molecule has 1 amide bonds. The van der Waals surface area contributed by atoms with Gasteiger partial charge in [0.1, 0.15) is 0 Å². The first-order chi connectivity index (χ1) is 10.6. The number of rotatable bonds is 6. The van der Waals surface area contributed by atoms with Crippen LogP contribution in [-0.4, -0.2) is 36.5 Å². The zero-order valence-electron chi connectivity index (χ0n) is 14.5. The minimum Gasteiger partial charge on any atom is -0.326 e. The molecule has 0 unspecified atom stereocenters. The van der Waals surface area contributed by atoms with Gasteiger partial charge in [-0.3, -0.25) is 9.69 Å². The number of nitrogens with zero attached hydrogens (tertiary/aromatic N) is 1. The molecular formula is C18H30ClN3O. The summed E-state index contributed by atoms with van der Waals surface area (Å²) in [4.78, 5) is 14.8. The molecule has 4 nitrogen and oxygen atoms in total. The average molecular weight is 340 g/mol. The molecule has 0 bridgehead atoms. The van der Waals surface area contributed by atoms with Crippen LogP contribution in [0.1, 0.15) is 39.2 Å². The fourth-order valence-corrected chi connectivity index (χ4v) is 3.07. The van der Waals surface area contributed by atoms with E-state index < -0.39 is 0 Å². The fourth-order valence-electron chi connectivity index (χ4n) is 3.07. The van der Waals surface area contributed by atoms with Gasteiger partial charge in [-0.2, -0.15) is 0 Å². The number of hydrogen-bond donors (Lipinski definition) is 2. The van der Waals surface area contributed by atoms with Crippen LogP contribution in [0.5, 0.6) is 0 Å². The SMILES string of the molecule is CCN(CC)Cc1cccc(NC(=O)[C@H]2CCN[C@@H](C)C2)c1.Cl. The molecule has 1 fully saturated rings. The van der Waals surface area contributed by atoms with Crippen molar-refractivity contribution in [3.8, 4) is 0 Å². The van der Waals surface area contributed by atoms with Gasteiger partial charge in [0.15, 0.2) is 0 Å². The smallest absolute Gasteiger partial charge is 0.227 e. The normalized spacial score (nSPS) is 20.9. The number of piperidine rings is 1. The number of carbonyl (C=O) groups excluding carboxylic acids is 1. The van der Waals surface area contributed by atoms with E-state index in [1.807, 2.05) is 12.1 Å². The monoisotopic (exact) mass is 339 g/mol. The van der Waals surface area contributed by atoms with Crippen LogP contribution in [0.2, 0.25) is 0 Å². The lowest BCUT2D eigenvalue weighted by Gasteiger charge is -2.27. The Morgan fingerprint density at radius 2 is 2.09 bits per heavy atom. The van der Waals surface area contributed by atoms with Gasteiger partial charge >= 0.3 is 0 Å². The van der Waals surface area contributed by atoms with E-state index in [1.165, 1.54) is 5.56 Å². The fraction of sp³-hybridized carbons (Fsp3) is 0.611. The van der Waals surface area contributed by atoms with Crippen LogP contribution in [0.4, 0.5) is 5.69 Å². The first kappa shape index (κ1) is 19.9. The molecule has 23 heavy (non-hydrogen) atoms. The number of hydrogen-bond acceptors (Lipinski definition) is 3. The van der Waals surface area contributed by atoms with Crippen molar-refractivity contribution in [2.45, 2.75) is 46.2 Å². The molecule has 0 aromatic heterocycles. The van der Waals surface area contributed by atoms with E-state index in [-0.39, 0.29) is 24.2 Å². The summed E-state index contributed by atoms with van der Waals surface area (Å²) < 4.78 is 0. The minimum atomic E-state index is 0. The first-order valence-electron chi connectivity index (χ1n) is 8.47. The van der Waals surface area contributed by atoms with Crippen molar-refractivity contribution >= 4 is 24.0 Å². The quantitative estimate of drug-likeness (QED) is 0.836. The van der Waals surface area contributed by atoms with Crippen molar-refractivity contribution < 1.29 is 4.79 Å². The number of benzene rings is 1. The first-order valence-corrected chi connectivity index (χ1v) is 8.47. The molecule has 2 atom stereocenters. The molecule has 1 aliphatic rings. The van der Waals surface area contributed by atoms with Gasteiger partial charge in [0.25, 0.3) is 0 Å². The topological polar surface area (TPSA) is 44.4 Å². The molecule has 1 saturated heterocycles. The zero-order valence-corrected chi connectivity index (χ0v) is 15.3. The summed E-state index contributed by atoms with van der Waals surface area (Å²) in [5.41, 5.74) is 2.17. The maximum Gasteiger partial charge on any atom is 0.227 e. The largest absolute Gasteiger partial charge is 0.326 e. The number of halogens is 1. The Morgan fingerprint density at radius 3 is 2.74 bits per heavy atom. The standard InChI is InChI=1S/C18H29N3O.ClH/c1-4-21(5-2)13-15-7-6-8-17(12-15)20-18(22)16-9-10-19-14(3)11-16;/h6-8,12,14,16,19H,4-5,9-11,13H2,1-3H3,(H,20,22);1H/t14-,16-;/m0./s1. The highest BCUT2D eigenvalue weighted by Crippen LogP contribution is 2.19. The van der Waals surface area contributed by atoms with E-state index in [9.17, 15) is 4.79 Å². The van der Waals surface area contributed by atoms with Gasteiger partial charge in [-0.1, -0.05) is 26.0 Å². The molecule has 130 valence electrons. The van der Waals surface area contributed by atoms with Gasteiger partial charge in [0.05, 0.1) is 0 Å². The van der Waals surface area contributed by atoms with E-state index in [1.54, 1.807) is 0 Å². The highest BCUT2D eigenvalue weighted by molar-refractivity contribution is 5.92. The van der Waals surface area contributed by atoms with Gasteiger partial charge in [0, 0.05) is 24.2 Å². The van der Waals surface area contributed by atoms with Gasteiger partial charge in [0.2, 0.25) is 5.91 Å². The van der Waals surface area contributed by atoms with E-state index in [2.05, 4.69) is 48.4 Å². The summed E-state index contributed by atoms with van der Waals surface area (Å²) in [6.07, 6.45) is 1.85. The van der Waals surface area contributed by atoms with Crippen molar-refractivity contribution in [1.29, 1.82) is 0 Å². The number of nitrogens with one attached hydrogen (secondary N) is 2. The van der Waals surface area contributed by atoms with E-state index >= 15 is 0 Å². The molecular weight excluding hydrogens is 310 g/mol. The molecule has 1 aromatic carbocycles. The number of amides is 1. The second-order valence-electron chi connectivity index (χ2n) is 6.23. The van der Waals surface area contributed by atoms with Gasteiger partial charge in [-0.05, 0) is 57.1 Å². The lowest BCUT2D eigenvalue weighted by molar-refractivity contribution is -0.120. The molecule has 1 aliphatic heterocycles. The Bertz CT molecular complexity index is 491. The van der Waals surface area contributed by atoms with Crippen LogP contribution in [-0.2, 0) is 11.3 Å². The maximum absolute atomic E-state index is 12.4. The highest BCUT2D eigenvalue weighted by Gasteiger charge is 2.24. The summed E-state index contributed by atoms with van der Waals surface area (Å²) in [5.74, 6) is 0.288. The summed E-state index contributed by atoms with van der Waals surface area (Å²) >= 11 is 0. The molecule has 2 rings (SSSR count). The van der Waals surface area contributed by atoms with Crippen LogP contribution >= 0.6 is 12.4 Å². The lowest BCUT2D eigenvalue weighted by atomic mass is 9.92. The molecule has 1 aromatic rings. The second kappa shape index (κ2) is 9.91. The van der Waals surface area contributed by atoms with Crippen LogP contribution in [0.15, 0.2) is 24.3 Å². The van der Waals surface area contributed by atoms with Crippen molar-refractivity contribution in [3.63, 3.8) is 0 Å². The van der Waals surface area contributed by atoms with Crippen molar-refractivity contribution in [2.75, 3.05) is 25.0 Å². The van der Waals surface area contributed by atoms with Gasteiger partial charge in [-0.25, -0.2) is 0 Å². The Morgan fingerprint density at radius 1 is 1.35 bits per heavy atom. The minimum absolute atomic E-state index is 0. The molecule has 0 spiro atoms. The van der Waals surface area contributed by atoms with Crippen LogP contribution in [0, 0.1) is 5.92 Å². The molecule has 0 aliphatic carbocycles. The Kier molecular flexibility index (Phi) is 8.59. The summed E-state index contributed by atoms with van der Waals surface area (Å²) in [5, 5.41) is 6.49. The molecule has 5 heteroatoms. The number of carbonyl (C=O) groups is 1. The summed E-state index contributed by atoms with van der Waals surface area (Å²) in [7, 11) is 0. The van der Waals surface area contributed by atoms with Gasteiger partial charge in [-0.15, -0.1) is 12.4 Å². The van der Waals surface area contributed by atoms with Crippen molar-refractivity contribution in [2.24, 2.45) is 5.92 Å². The van der Waals surface area contributed by atoms with E-state index in [0.717, 1.165) is 44.7 Å². The Labute approximate surface area is 146 Å². The summed E-state index contributed by atoms with van der Waals surface area (Å²) in [6, 6.07) is 8.66. The van der Waals surface area contributed by atoms with E-state index in [0.29, 0.717) is 6.04 Å². The highest BCUT2D eigenvalue weighted by atomic mass is 35.5. The molecule has 0 radical (unpaired) electrons. The Balaban J connectivity index is 0.00000264. The predicted molar refractivity (Wildman–Crippen MR) is 99.1 cm³/mol. The maximum atomic E-state index is 12.4. The molecule has 1 heterocycles. The third-order valence-electron chi connectivity index (χ3n) is 4.49. The zero-order chi connectivity index (χ0) is 15.9. The number of anilines is 1. The van der Waals surface area contributed by atoms with Crippen molar-refractivity contribution in [1.82, 2.24) is 10.2 Å². The predicted octanol–water partition coefficient (Wildman–Crippen LogP) is 3.28. The molecule has 2 N–H and O–H groups in total. The third-order valence-corrected chi connectivity index (χ3v) is 4.49. The van der Waals surface area contributed by atoms with Gasteiger partial charge < -0.3 is 10.6 Å².